The number of hydrogen-bond acceptors (Lipinski definition) is 7. The first kappa shape index (κ1) is 24.7. The van der Waals surface area contributed by atoms with Crippen molar-refractivity contribution in [3.05, 3.63) is 77.9 Å². The summed E-state index contributed by atoms with van der Waals surface area (Å²) >= 11 is 0. The monoisotopic (exact) mass is 482 g/mol. The third-order valence-corrected chi connectivity index (χ3v) is 5.47. The highest BCUT2D eigenvalue weighted by Crippen LogP contribution is 2.26. The minimum atomic E-state index is 0.0599. The van der Waals surface area contributed by atoms with E-state index in [1.54, 1.807) is 6.21 Å². The molecule has 0 radical (unpaired) electrons. The summed E-state index contributed by atoms with van der Waals surface area (Å²) in [5.74, 6) is 2.19. The number of nitrogens with zero attached hydrogens (tertiary/aromatic N) is 5. The second-order valence-corrected chi connectivity index (χ2v) is 9.13. The lowest BCUT2D eigenvalue weighted by Gasteiger charge is -2.08. The number of nitrogens with one attached hydrogen (secondary N) is 1. The molecule has 0 aliphatic carbocycles. The molecule has 2 aromatic heterocycles. The van der Waals surface area contributed by atoms with Gasteiger partial charge in [-0.15, -0.1) is 0 Å². The molecule has 0 saturated carbocycles. The van der Waals surface area contributed by atoms with Crippen LogP contribution in [0.25, 0.3) is 16.9 Å². The van der Waals surface area contributed by atoms with Crippen LogP contribution in [0, 0.1) is 17.2 Å². The average molecular weight is 483 g/mol. The summed E-state index contributed by atoms with van der Waals surface area (Å²) in [5, 5.41) is 18.5. The highest BCUT2D eigenvalue weighted by Gasteiger charge is 2.15. The third-order valence-electron chi connectivity index (χ3n) is 5.47. The van der Waals surface area contributed by atoms with Crippen LogP contribution in [0.2, 0.25) is 0 Å². The molecule has 4 rings (SSSR count). The first-order valence-corrected chi connectivity index (χ1v) is 12.0. The van der Waals surface area contributed by atoms with Crippen LogP contribution >= 0.6 is 0 Å². The Morgan fingerprint density at radius 2 is 1.86 bits per heavy atom. The maximum atomic E-state index is 9.37. The van der Waals surface area contributed by atoms with E-state index in [1.165, 1.54) is 0 Å². The molecule has 0 aliphatic rings. The Morgan fingerprint density at radius 1 is 1.11 bits per heavy atom. The van der Waals surface area contributed by atoms with Crippen LogP contribution in [0.1, 0.15) is 57.2 Å². The number of benzene rings is 2. The van der Waals surface area contributed by atoms with Crippen LogP contribution in [-0.2, 0) is 0 Å². The van der Waals surface area contributed by atoms with Crippen LogP contribution < -0.4 is 10.2 Å². The maximum absolute atomic E-state index is 9.37. The van der Waals surface area contributed by atoms with E-state index in [2.05, 4.69) is 29.4 Å². The van der Waals surface area contributed by atoms with Gasteiger partial charge in [0.1, 0.15) is 17.5 Å². The van der Waals surface area contributed by atoms with E-state index < -0.39 is 0 Å². The number of oxazole rings is 1. The first-order valence-electron chi connectivity index (χ1n) is 12.0. The summed E-state index contributed by atoms with van der Waals surface area (Å²) in [4.78, 5) is 4.21. The first-order chi connectivity index (χ1) is 17.4. The van der Waals surface area contributed by atoms with Crippen LogP contribution in [0.4, 0.5) is 5.88 Å². The second kappa shape index (κ2) is 11.4. The van der Waals surface area contributed by atoms with E-state index >= 15 is 0 Å². The third kappa shape index (κ3) is 5.99. The summed E-state index contributed by atoms with van der Waals surface area (Å²) in [7, 11) is 0. The standard InChI is InChI=1S/C28H30N6O2/c1-19(2)14-15-35-24-12-10-21(11-13-24)26-22(18-34(33-26)23-8-6-5-7-9-23)17-30-32-28-25(16-29)31-27(36-28)20(3)4/h5-13,17-20,32H,14-15H2,1-4H3/b30-17+. The van der Waals surface area contributed by atoms with E-state index in [4.69, 9.17) is 14.3 Å². The van der Waals surface area contributed by atoms with Crippen molar-refractivity contribution >= 4 is 12.1 Å². The average Bonchev–Trinajstić information content (AvgIpc) is 3.49. The Morgan fingerprint density at radius 3 is 2.53 bits per heavy atom. The Kier molecular flexibility index (Phi) is 7.81. The summed E-state index contributed by atoms with van der Waals surface area (Å²) < 4.78 is 13.3. The molecule has 0 spiro atoms. The van der Waals surface area contributed by atoms with Crippen molar-refractivity contribution < 1.29 is 9.15 Å². The van der Waals surface area contributed by atoms with E-state index in [9.17, 15) is 5.26 Å². The zero-order valence-corrected chi connectivity index (χ0v) is 21.0. The van der Waals surface area contributed by atoms with Crippen molar-refractivity contribution in [2.45, 2.75) is 40.0 Å². The Labute approximate surface area is 211 Å². The fourth-order valence-electron chi connectivity index (χ4n) is 3.44. The second-order valence-electron chi connectivity index (χ2n) is 9.13. The normalized spacial score (nSPS) is 11.4. The highest BCUT2D eigenvalue weighted by atomic mass is 16.5. The summed E-state index contributed by atoms with van der Waals surface area (Å²) in [6, 6.07) is 19.8. The van der Waals surface area contributed by atoms with Crippen LogP contribution in [0.15, 0.2) is 70.3 Å². The molecular formula is C28H30N6O2. The number of ether oxygens (including phenoxy) is 1. The smallest absolute Gasteiger partial charge is 0.252 e. The van der Waals surface area contributed by atoms with Gasteiger partial charge in [0.15, 0.2) is 0 Å². The number of aromatic nitrogens is 3. The molecule has 0 fully saturated rings. The van der Waals surface area contributed by atoms with E-state index in [0.717, 1.165) is 34.7 Å². The molecule has 0 atom stereocenters. The lowest BCUT2D eigenvalue weighted by atomic mass is 10.1. The van der Waals surface area contributed by atoms with Gasteiger partial charge in [-0.05, 0) is 48.7 Å². The summed E-state index contributed by atoms with van der Waals surface area (Å²) in [6.45, 7) is 8.95. The molecule has 2 aromatic carbocycles. The van der Waals surface area contributed by atoms with Crippen molar-refractivity contribution in [2.75, 3.05) is 12.0 Å². The van der Waals surface area contributed by atoms with Crippen molar-refractivity contribution in [1.82, 2.24) is 14.8 Å². The maximum Gasteiger partial charge on any atom is 0.252 e. The van der Waals surface area contributed by atoms with Crippen LogP contribution in [0.3, 0.4) is 0 Å². The van der Waals surface area contributed by atoms with Gasteiger partial charge in [0.2, 0.25) is 11.6 Å². The molecule has 4 aromatic rings. The topological polar surface area (TPSA) is 101 Å². The number of para-hydroxylation sites is 1. The minimum absolute atomic E-state index is 0.0599. The largest absolute Gasteiger partial charge is 0.494 e. The van der Waals surface area contributed by atoms with E-state index in [1.807, 2.05) is 85.4 Å². The molecule has 0 amide bonds. The fraction of sp³-hybridized carbons (Fsp3) is 0.286. The van der Waals surface area contributed by atoms with Crippen LogP contribution in [0.5, 0.6) is 5.75 Å². The van der Waals surface area contributed by atoms with Gasteiger partial charge >= 0.3 is 0 Å². The quantitative estimate of drug-likeness (QED) is 0.207. The van der Waals surface area contributed by atoms with Gasteiger partial charge in [-0.25, -0.2) is 15.1 Å². The number of rotatable bonds is 10. The van der Waals surface area contributed by atoms with Crippen LogP contribution in [-0.4, -0.2) is 27.6 Å². The van der Waals surface area contributed by atoms with Gasteiger partial charge in [0.05, 0.1) is 18.5 Å². The number of hydrogen-bond donors (Lipinski definition) is 1. The summed E-state index contributed by atoms with van der Waals surface area (Å²) in [6.07, 6.45) is 4.58. The van der Waals surface area contributed by atoms with Crippen molar-refractivity contribution in [1.29, 1.82) is 5.26 Å². The Hall–Kier alpha value is -4.38. The van der Waals surface area contributed by atoms with E-state index in [0.29, 0.717) is 18.4 Å². The van der Waals surface area contributed by atoms with Crippen molar-refractivity contribution in [2.24, 2.45) is 11.0 Å². The SMILES string of the molecule is CC(C)CCOc1ccc(-c2nn(-c3ccccc3)cc2/C=N/Nc2oc(C(C)C)nc2C#N)cc1. The van der Waals surface area contributed by atoms with Gasteiger partial charge in [-0.1, -0.05) is 45.9 Å². The molecular weight excluding hydrogens is 452 g/mol. The highest BCUT2D eigenvalue weighted by molar-refractivity contribution is 5.89. The molecule has 8 nitrogen and oxygen atoms in total. The fourth-order valence-corrected chi connectivity index (χ4v) is 3.44. The van der Waals surface area contributed by atoms with Gasteiger partial charge < -0.3 is 9.15 Å². The lowest BCUT2D eigenvalue weighted by Crippen LogP contribution is -2.01. The predicted octanol–water partition coefficient (Wildman–Crippen LogP) is 6.39. The van der Waals surface area contributed by atoms with Crippen molar-refractivity contribution in [3.8, 4) is 28.8 Å². The zero-order chi connectivity index (χ0) is 25.5. The summed E-state index contributed by atoms with van der Waals surface area (Å²) in [5.41, 5.74) is 6.41. The molecule has 0 saturated heterocycles. The Balaban J connectivity index is 1.60. The minimum Gasteiger partial charge on any atom is -0.494 e. The molecule has 0 unspecified atom stereocenters. The van der Waals surface area contributed by atoms with Crippen molar-refractivity contribution in [3.63, 3.8) is 0 Å². The molecule has 2 heterocycles. The zero-order valence-electron chi connectivity index (χ0n) is 21.0. The molecule has 0 bridgehead atoms. The van der Waals surface area contributed by atoms with Gasteiger partial charge in [0.25, 0.3) is 5.88 Å². The molecule has 36 heavy (non-hydrogen) atoms. The van der Waals surface area contributed by atoms with Gasteiger partial charge in [-0.3, -0.25) is 0 Å². The molecule has 0 aliphatic heterocycles. The van der Waals surface area contributed by atoms with E-state index in [-0.39, 0.29) is 17.5 Å². The van der Waals surface area contributed by atoms with Gasteiger partial charge in [-0.2, -0.15) is 15.5 Å². The number of nitriles is 1. The Bertz CT molecular complexity index is 1350. The molecule has 1 N–H and O–H groups in total. The lowest BCUT2D eigenvalue weighted by molar-refractivity contribution is 0.289. The number of hydrazone groups is 1. The predicted molar refractivity (Wildman–Crippen MR) is 140 cm³/mol. The van der Waals surface area contributed by atoms with Gasteiger partial charge in [0, 0.05) is 23.2 Å². The molecule has 184 valence electrons. The molecule has 8 heteroatoms. The number of anilines is 1.